The van der Waals surface area contributed by atoms with Crippen LogP contribution in [0.1, 0.15) is 36.8 Å². The molecule has 96 valence electrons. The molecule has 5 heteroatoms. The second-order valence-corrected chi connectivity index (χ2v) is 8.79. The number of rotatable bonds is 4. The van der Waals surface area contributed by atoms with E-state index in [1.54, 1.807) is 22.7 Å². The topological polar surface area (TPSA) is 17.1 Å². The minimum atomic E-state index is -0.0544. The van der Waals surface area contributed by atoms with Crippen LogP contribution in [0.25, 0.3) is 0 Å². The summed E-state index contributed by atoms with van der Waals surface area (Å²) in [7, 11) is 0. The van der Waals surface area contributed by atoms with Crippen molar-refractivity contribution in [1.82, 2.24) is 0 Å². The molecule has 2 aromatic rings. The molecule has 2 unspecified atom stereocenters. The monoisotopic (exact) mass is 406 g/mol. The van der Waals surface area contributed by atoms with E-state index in [0.717, 1.165) is 18.7 Å². The second kappa shape index (κ2) is 5.99. The second-order valence-electron chi connectivity index (χ2n) is 4.21. The minimum absolute atomic E-state index is 0.0544. The lowest BCUT2D eigenvalue weighted by Crippen LogP contribution is -2.15. The molecule has 0 saturated heterocycles. The number of ketones is 1. The van der Waals surface area contributed by atoms with Gasteiger partial charge in [-0.3, -0.25) is 4.79 Å². The fourth-order valence-electron chi connectivity index (χ4n) is 1.80. The molecule has 0 spiro atoms. The van der Waals surface area contributed by atoms with Gasteiger partial charge in [-0.15, -0.1) is 22.7 Å². The van der Waals surface area contributed by atoms with Crippen molar-refractivity contribution in [3.05, 3.63) is 41.6 Å². The van der Waals surface area contributed by atoms with Crippen molar-refractivity contribution in [1.29, 1.82) is 0 Å². The van der Waals surface area contributed by atoms with Gasteiger partial charge in [0.05, 0.1) is 7.57 Å². The first kappa shape index (κ1) is 14.4. The van der Waals surface area contributed by atoms with Crippen LogP contribution < -0.4 is 0 Å². The third kappa shape index (κ3) is 3.13. The molecule has 0 saturated carbocycles. The van der Waals surface area contributed by atoms with E-state index in [1.165, 1.54) is 0 Å². The fourth-order valence-corrected chi connectivity index (χ4v) is 4.34. The first-order valence-corrected chi connectivity index (χ1v) is 8.85. The largest absolute Gasteiger partial charge is 0.298 e. The predicted octanol–water partition coefficient (Wildman–Crippen LogP) is 5.81. The smallest absolute Gasteiger partial charge is 0.147 e. The van der Waals surface area contributed by atoms with Crippen molar-refractivity contribution in [2.75, 3.05) is 0 Å². The molecular weight excluding hydrogens is 396 g/mol. The third-order valence-corrected chi connectivity index (χ3v) is 6.07. The Kier molecular flexibility index (Phi) is 4.80. The van der Waals surface area contributed by atoms with E-state index in [9.17, 15) is 4.79 Å². The molecule has 2 heterocycles. The number of Topliss-reactive ketones (excluding diaryl/α,β-unsaturated/α-hetero) is 1. The van der Waals surface area contributed by atoms with Crippen molar-refractivity contribution in [3.63, 3.8) is 0 Å². The maximum absolute atomic E-state index is 12.4. The number of carbonyl (C=O) groups excluding carboxylic acids is 1. The SMILES string of the molecule is CC(C(=O)C(C)c1csc(Br)c1)c1csc(Br)c1. The Morgan fingerprint density at radius 2 is 1.39 bits per heavy atom. The molecule has 0 amide bonds. The normalized spacial score (nSPS) is 14.4. The predicted molar refractivity (Wildman–Crippen MR) is 85.9 cm³/mol. The van der Waals surface area contributed by atoms with E-state index in [2.05, 4.69) is 31.9 Å². The summed E-state index contributed by atoms with van der Waals surface area (Å²) in [5.74, 6) is 0.160. The molecule has 0 aromatic carbocycles. The summed E-state index contributed by atoms with van der Waals surface area (Å²) in [6, 6.07) is 4.06. The van der Waals surface area contributed by atoms with Crippen LogP contribution in [-0.4, -0.2) is 5.78 Å². The molecule has 0 aliphatic heterocycles. The van der Waals surface area contributed by atoms with Crippen molar-refractivity contribution in [2.45, 2.75) is 25.7 Å². The van der Waals surface area contributed by atoms with Crippen LogP contribution >= 0.6 is 54.5 Å². The Hall–Kier alpha value is 0.0300. The molecule has 0 aliphatic rings. The van der Waals surface area contributed by atoms with E-state index in [4.69, 9.17) is 0 Å². The van der Waals surface area contributed by atoms with Crippen molar-refractivity contribution in [3.8, 4) is 0 Å². The average molecular weight is 408 g/mol. The highest BCUT2D eigenvalue weighted by Gasteiger charge is 2.24. The Balaban J connectivity index is 2.16. The molecule has 2 rings (SSSR count). The fraction of sp³-hybridized carbons (Fsp3) is 0.308. The van der Waals surface area contributed by atoms with E-state index in [-0.39, 0.29) is 17.6 Å². The van der Waals surface area contributed by atoms with Gasteiger partial charge in [-0.1, -0.05) is 13.8 Å². The van der Waals surface area contributed by atoms with Gasteiger partial charge in [0.25, 0.3) is 0 Å². The van der Waals surface area contributed by atoms with Crippen LogP contribution in [-0.2, 0) is 4.79 Å². The first-order valence-electron chi connectivity index (χ1n) is 5.50. The lowest BCUT2D eigenvalue weighted by Gasteiger charge is -2.14. The van der Waals surface area contributed by atoms with Gasteiger partial charge >= 0.3 is 0 Å². The Morgan fingerprint density at radius 3 is 1.67 bits per heavy atom. The molecule has 0 bridgehead atoms. The van der Waals surface area contributed by atoms with Crippen molar-refractivity contribution >= 4 is 60.3 Å². The summed E-state index contributed by atoms with van der Waals surface area (Å²) in [4.78, 5) is 12.4. The molecule has 0 aliphatic carbocycles. The van der Waals surface area contributed by atoms with Crippen molar-refractivity contribution in [2.24, 2.45) is 0 Å². The maximum atomic E-state index is 12.4. The summed E-state index contributed by atoms with van der Waals surface area (Å²) in [6.45, 7) is 3.96. The number of hydrogen-bond acceptors (Lipinski definition) is 3. The van der Waals surface area contributed by atoms with Gasteiger partial charge in [-0.05, 0) is 65.9 Å². The summed E-state index contributed by atoms with van der Waals surface area (Å²) in [5, 5.41) is 4.09. The van der Waals surface area contributed by atoms with Gasteiger partial charge in [0.2, 0.25) is 0 Å². The minimum Gasteiger partial charge on any atom is -0.298 e. The van der Waals surface area contributed by atoms with Gasteiger partial charge in [-0.25, -0.2) is 0 Å². The Morgan fingerprint density at radius 1 is 1.00 bits per heavy atom. The van der Waals surface area contributed by atoms with E-state index < -0.39 is 0 Å². The van der Waals surface area contributed by atoms with Gasteiger partial charge < -0.3 is 0 Å². The number of carbonyl (C=O) groups is 1. The number of thiophene rings is 2. The molecule has 0 radical (unpaired) electrons. The molecule has 2 atom stereocenters. The zero-order chi connectivity index (χ0) is 13.3. The Labute approximate surface area is 131 Å². The van der Waals surface area contributed by atoms with Crippen LogP contribution in [0, 0.1) is 0 Å². The molecule has 18 heavy (non-hydrogen) atoms. The van der Waals surface area contributed by atoms with E-state index in [1.807, 2.05) is 36.7 Å². The van der Waals surface area contributed by atoms with Gasteiger partial charge in [0.1, 0.15) is 5.78 Å². The van der Waals surface area contributed by atoms with Crippen LogP contribution in [0.5, 0.6) is 0 Å². The van der Waals surface area contributed by atoms with Crippen LogP contribution in [0.2, 0.25) is 0 Å². The molecule has 2 aromatic heterocycles. The molecule has 1 nitrogen and oxygen atoms in total. The van der Waals surface area contributed by atoms with Crippen molar-refractivity contribution < 1.29 is 4.79 Å². The first-order chi connectivity index (χ1) is 8.49. The van der Waals surface area contributed by atoms with E-state index in [0.29, 0.717) is 0 Å². The van der Waals surface area contributed by atoms with Gasteiger partial charge in [0.15, 0.2) is 0 Å². The highest BCUT2D eigenvalue weighted by Crippen LogP contribution is 2.33. The maximum Gasteiger partial charge on any atom is 0.147 e. The number of halogens is 2. The van der Waals surface area contributed by atoms with E-state index >= 15 is 0 Å². The highest BCUT2D eigenvalue weighted by atomic mass is 79.9. The molecule has 0 N–H and O–H groups in total. The summed E-state index contributed by atoms with van der Waals surface area (Å²) >= 11 is 10.1. The highest BCUT2D eigenvalue weighted by molar-refractivity contribution is 9.11. The van der Waals surface area contributed by atoms with Gasteiger partial charge in [0, 0.05) is 11.8 Å². The standard InChI is InChI=1S/C13H12Br2OS2/c1-7(9-3-11(14)17-5-9)13(16)8(2)10-4-12(15)18-6-10/h3-8H,1-2H3. The average Bonchev–Trinajstić information content (AvgIpc) is 2.95. The molecule has 0 fully saturated rings. The summed E-state index contributed by atoms with van der Waals surface area (Å²) < 4.78 is 2.14. The lowest BCUT2D eigenvalue weighted by atomic mass is 9.88. The zero-order valence-electron chi connectivity index (χ0n) is 9.94. The van der Waals surface area contributed by atoms with Crippen LogP contribution in [0.4, 0.5) is 0 Å². The quantitative estimate of drug-likeness (QED) is 0.624. The Bertz CT molecular complexity index is 511. The van der Waals surface area contributed by atoms with Crippen LogP contribution in [0.3, 0.4) is 0 Å². The zero-order valence-corrected chi connectivity index (χ0v) is 14.7. The summed E-state index contributed by atoms with van der Waals surface area (Å²) in [5.41, 5.74) is 2.19. The lowest BCUT2D eigenvalue weighted by molar-refractivity contribution is -0.121. The van der Waals surface area contributed by atoms with Gasteiger partial charge in [-0.2, -0.15) is 0 Å². The van der Waals surface area contributed by atoms with Crippen LogP contribution in [0.15, 0.2) is 30.5 Å². The summed E-state index contributed by atoms with van der Waals surface area (Å²) in [6.07, 6.45) is 0. The number of hydrogen-bond donors (Lipinski definition) is 0. The molecular formula is C13H12Br2OS2. The third-order valence-electron chi connectivity index (χ3n) is 3.03.